The molecule has 0 aliphatic carbocycles. The van der Waals surface area contributed by atoms with Crippen molar-refractivity contribution in [2.75, 3.05) is 34.5 Å². The van der Waals surface area contributed by atoms with Gasteiger partial charge in [0.1, 0.15) is 18.1 Å². The highest BCUT2D eigenvalue weighted by atomic mass is 32.2. The summed E-state index contributed by atoms with van der Waals surface area (Å²) in [4.78, 5) is 36.9. The van der Waals surface area contributed by atoms with Crippen molar-refractivity contribution in [3.63, 3.8) is 0 Å². The number of amidine groups is 1. The van der Waals surface area contributed by atoms with Crippen LogP contribution in [0.5, 0.6) is 11.5 Å². The van der Waals surface area contributed by atoms with E-state index in [1.807, 2.05) is 28.5 Å². The molecule has 1 amide bonds. The minimum absolute atomic E-state index is 0.0944. The summed E-state index contributed by atoms with van der Waals surface area (Å²) < 4.78 is 21.6. The maximum Gasteiger partial charge on any atom is 0.338 e. The summed E-state index contributed by atoms with van der Waals surface area (Å²) in [5.41, 5.74) is 3.26. The van der Waals surface area contributed by atoms with Gasteiger partial charge in [-0.25, -0.2) is 9.79 Å². The molecule has 3 heterocycles. The van der Waals surface area contributed by atoms with E-state index in [0.717, 1.165) is 5.56 Å². The molecule has 1 atom stereocenters. The van der Waals surface area contributed by atoms with Crippen LogP contribution in [0.2, 0.25) is 0 Å². The van der Waals surface area contributed by atoms with Crippen molar-refractivity contribution in [1.82, 2.24) is 15.2 Å². The minimum Gasteiger partial charge on any atom is -0.497 e. The molecule has 0 spiro atoms. The van der Waals surface area contributed by atoms with E-state index < -0.39 is 12.0 Å². The molecule has 2 aliphatic heterocycles. The lowest BCUT2D eigenvalue weighted by atomic mass is 9.93. The summed E-state index contributed by atoms with van der Waals surface area (Å²) in [5, 5.41) is 5.50. The normalized spacial score (nSPS) is 16.4. The summed E-state index contributed by atoms with van der Waals surface area (Å²) in [6.45, 7) is 2.53. The number of aliphatic imine (C=N–C) groups is 1. The predicted octanol–water partition coefficient (Wildman–Crippen LogP) is 3.57. The lowest BCUT2D eigenvalue weighted by Crippen LogP contribution is -2.38. The molecule has 0 saturated heterocycles. The summed E-state index contributed by atoms with van der Waals surface area (Å²) in [6, 6.07) is 8.49. The van der Waals surface area contributed by atoms with Crippen molar-refractivity contribution in [2.45, 2.75) is 25.9 Å². The molecule has 1 N–H and O–H groups in total. The number of allylic oxidation sites excluding steroid dienone is 1. The molecule has 38 heavy (non-hydrogen) atoms. The van der Waals surface area contributed by atoms with Crippen LogP contribution in [-0.2, 0) is 25.6 Å². The number of carbonyl (C=O) groups excluding carboxylic acids is 2. The van der Waals surface area contributed by atoms with E-state index in [1.54, 1.807) is 52.8 Å². The number of hydrogen-bond acceptors (Lipinski definition) is 10. The predicted molar refractivity (Wildman–Crippen MR) is 143 cm³/mol. The van der Waals surface area contributed by atoms with E-state index in [-0.39, 0.29) is 25.5 Å². The number of nitrogens with zero attached hydrogens (tertiary/aromatic N) is 3. The lowest BCUT2D eigenvalue weighted by molar-refractivity contribution is -0.141. The molecular formula is C27H30N4O6S. The number of ether oxygens (including phenoxy) is 4. The number of fused-ring (bicyclic) bond motifs is 1. The van der Waals surface area contributed by atoms with Crippen molar-refractivity contribution in [3.05, 3.63) is 76.2 Å². The number of hydrogen-bond donors (Lipinski definition) is 1. The quantitative estimate of drug-likeness (QED) is 0.339. The van der Waals surface area contributed by atoms with Crippen LogP contribution in [0.1, 0.15) is 30.5 Å². The zero-order chi connectivity index (χ0) is 27.1. The molecule has 1 aromatic heterocycles. The SMILES string of the molecule is COCCOC(=O)C1=C(C)N=C2SC=C(CC(=O)NCc3ccncc3)N2[C@@H]1c1ccc(OC)cc1OC. The smallest absolute Gasteiger partial charge is 0.338 e. The van der Waals surface area contributed by atoms with Crippen molar-refractivity contribution in [2.24, 2.45) is 4.99 Å². The number of thioether (sulfide) groups is 1. The molecule has 200 valence electrons. The van der Waals surface area contributed by atoms with Gasteiger partial charge in [-0.15, -0.1) is 0 Å². The Hall–Kier alpha value is -3.83. The van der Waals surface area contributed by atoms with Crippen molar-refractivity contribution < 1.29 is 28.5 Å². The molecule has 0 radical (unpaired) electrons. The van der Waals surface area contributed by atoms with E-state index in [1.165, 1.54) is 11.8 Å². The first-order valence-electron chi connectivity index (χ1n) is 11.9. The Morgan fingerprint density at radius 2 is 1.87 bits per heavy atom. The third kappa shape index (κ3) is 6.00. The average Bonchev–Trinajstić information content (AvgIpc) is 3.33. The number of rotatable bonds is 11. The van der Waals surface area contributed by atoms with Crippen LogP contribution in [0, 0.1) is 0 Å². The highest BCUT2D eigenvalue weighted by molar-refractivity contribution is 8.16. The van der Waals surface area contributed by atoms with Gasteiger partial charge < -0.3 is 29.2 Å². The fourth-order valence-electron chi connectivity index (χ4n) is 4.19. The highest BCUT2D eigenvalue weighted by Gasteiger charge is 2.42. The molecule has 10 nitrogen and oxygen atoms in total. The van der Waals surface area contributed by atoms with E-state index in [2.05, 4.69) is 15.3 Å². The van der Waals surface area contributed by atoms with Crippen LogP contribution >= 0.6 is 11.8 Å². The average molecular weight is 539 g/mol. The first kappa shape index (κ1) is 27.2. The first-order valence-corrected chi connectivity index (χ1v) is 12.8. The number of methoxy groups -OCH3 is 3. The molecule has 2 aliphatic rings. The van der Waals surface area contributed by atoms with Crippen LogP contribution in [-0.4, -0.2) is 61.5 Å². The second-order valence-electron chi connectivity index (χ2n) is 8.44. The Balaban J connectivity index is 1.66. The van der Waals surface area contributed by atoms with Gasteiger partial charge in [0.05, 0.1) is 44.6 Å². The number of aromatic nitrogens is 1. The number of esters is 1. The maximum atomic E-state index is 13.4. The Bertz CT molecular complexity index is 1280. The Labute approximate surface area is 225 Å². The zero-order valence-electron chi connectivity index (χ0n) is 21.7. The van der Waals surface area contributed by atoms with Gasteiger partial charge in [-0.2, -0.15) is 0 Å². The van der Waals surface area contributed by atoms with Gasteiger partial charge in [0.15, 0.2) is 5.17 Å². The molecule has 0 saturated carbocycles. The van der Waals surface area contributed by atoms with Crippen molar-refractivity contribution >= 4 is 28.8 Å². The van der Waals surface area contributed by atoms with Gasteiger partial charge in [0, 0.05) is 43.4 Å². The molecule has 0 unspecified atom stereocenters. The molecule has 4 rings (SSSR count). The molecule has 2 aromatic rings. The standard InChI is InChI=1S/C27H30N4O6S/c1-17-24(26(33)37-12-11-34-2)25(21-6-5-20(35-3)14-22(21)36-4)31-19(16-38-27(31)30-17)13-23(32)29-15-18-7-9-28-10-8-18/h5-10,14,16,25H,11-13,15H2,1-4H3,(H,29,32)/t25-/m1/s1. The lowest BCUT2D eigenvalue weighted by Gasteiger charge is -2.36. The fraction of sp³-hybridized carbons (Fsp3) is 0.333. The van der Waals surface area contributed by atoms with Gasteiger partial charge in [-0.1, -0.05) is 11.8 Å². The number of benzene rings is 1. The summed E-state index contributed by atoms with van der Waals surface area (Å²) in [5.74, 6) is 0.473. The first-order chi connectivity index (χ1) is 18.5. The molecule has 0 fully saturated rings. The van der Waals surface area contributed by atoms with E-state index in [4.69, 9.17) is 18.9 Å². The highest BCUT2D eigenvalue weighted by Crippen LogP contribution is 2.47. The second kappa shape index (κ2) is 12.6. The molecular weight excluding hydrogens is 508 g/mol. The van der Waals surface area contributed by atoms with Gasteiger partial charge in [-0.3, -0.25) is 9.78 Å². The van der Waals surface area contributed by atoms with Crippen molar-refractivity contribution in [1.29, 1.82) is 0 Å². The summed E-state index contributed by atoms with van der Waals surface area (Å²) in [7, 11) is 4.68. The molecule has 11 heteroatoms. The number of carbonyl (C=O) groups is 2. The van der Waals surface area contributed by atoms with Crippen LogP contribution in [0.25, 0.3) is 0 Å². The van der Waals surface area contributed by atoms with Crippen LogP contribution in [0.4, 0.5) is 0 Å². The molecule has 0 bridgehead atoms. The van der Waals surface area contributed by atoms with E-state index in [9.17, 15) is 9.59 Å². The maximum absolute atomic E-state index is 13.4. The zero-order valence-corrected chi connectivity index (χ0v) is 22.5. The summed E-state index contributed by atoms with van der Waals surface area (Å²) in [6.07, 6.45) is 3.46. The van der Waals surface area contributed by atoms with Crippen LogP contribution in [0.3, 0.4) is 0 Å². The molecule has 1 aromatic carbocycles. The third-order valence-electron chi connectivity index (χ3n) is 6.06. The number of nitrogens with one attached hydrogen (secondary N) is 1. The van der Waals surface area contributed by atoms with Gasteiger partial charge in [0.2, 0.25) is 5.91 Å². The van der Waals surface area contributed by atoms with Crippen LogP contribution < -0.4 is 14.8 Å². The number of amides is 1. The Kier molecular flexibility index (Phi) is 9.03. The van der Waals surface area contributed by atoms with E-state index in [0.29, 0.717) is 45.7 Å². The minimum atomic E-state index is -0.632. The summed E-state index contributed by atoms with van der Waals surface area (Å²) >= 11 is 1.40. The fourth-order valence-corrected chi connectivity index (χ4v) is 5.16. The van der Waals surface area contributed by atoms with Crippen LogP contribution in [0.15, 0.2) is 70.1 Å². The second-order valence-corrected chi connectivity index (χ2v) is 9.28. The number of pyridine rings is 1. The van der Waals surface area contributed by atoms with E-state index >= 15 is 0 Å². The van der Waals surface area contributed by atoms with Gasteiger partial charge in [0.25, 0.3) is 0 Å². The Morgan fingerprint density at radius 1 is 1.08 bits per heavy atom. The Morgan fingerprint density at radius 3 is 2.58 bits per heavy atom. The largest absolute Gasteiger partial charge is 0.497 e. The van der Waals surface area contributed by atoms with Gasteiger partial charge >= 0.3 is 5.97 Å². The monoisotopic (exact) mass is 538 g/mol. The topological polar surface area (TPSA) is 112 Å². The third-order valence-corrected chi connectivity index (χ3v) is 6.95. The van der Waals surface area contributed by atoms with Crippen molar-refractivity contribution in [3.8, 4) is 11.5 Å². The van der Waals surface area contributed by atoms with Gasteiger partial charge in [-0.05, 0) is 42.2 Å².